The van der Waals surface area contributed by atoms with E-state index in [1.54, 1.807) is 7.11 Å². The van der Waals surface area contributed by atoms with E-state index in [-0.39, 0.29) is 5.75 Å². The zero-order chi connectivity index (χ0) is 16.6. The van der Waals surface area contributed by atoms with E-state index in [0.717, 1.165) is 44.3 Å². The summed E-state index contributed by atoms with van der Waals surface area (Å²) in [7, 11) is 1.65. The second-order valence-electron chi connectivity index (χ2n) is 5.80. The quantitative estimate of drug-likeness (QED) is 0.686. The molecule has 0 radical (unpaired) electrons. The third-order valence-corrected chi connectivity index (χ3v) is 4.20. The van der Waals surface area contributed by atoms with Gasteiger partial charge in [-0.3, -0.25) is 0 Å². The number of fused-ring (bicyclic) bond motifs is 1. The third-order valence-electron chi connectivity index (χ3n) is 4.20. The Hall–Kier alpha value is -2.74. The monoisotopic (exact) mass is 304 g/mol. The maximum Gasteiger partial charge on any atom is 0.127 e. The van der Waals surface area contributed by atoms with Crippen molar-refractivity contribution in [1.82, 2.24) is 0 Å². The molecule has 3 aromatic rings. The molecule has 1 N–H and O–H groups in total. The lowest BCUT2D eigenvalue weighted by Gasteiger charge is -2.18. The lowest BCUT2D eigenvalue weighted by atomic mass is 9.89. The van der Waals surface area contributed by atoms with Crippen LogP contribution >= 0.6 is 0 Å². The van der Waals surface area contributed by atoms with Gasteiger partial charge in [-0.05, 0) is 41.8 Å². The fraction of sp³-hybridized carbons (Fsp3) is 0.143. The number of rotatable bonds is 3. The number of phenols is 1. The molecule has 0 aliphatic carbocycles. The number of benzene rings is 3. The number of phenolic OH excluding ortho intramolecular Hbond substituents is 1. The van der Waals surface area contributed by atoms with E-state index >= 15 is 0 Å². The average Bonchev–Trinajstić information content (AvgIpc) is 2.56. The van der Waals surface area contributed by atoms with Crippen LogP contribution < -0.4 is 4.74 Å². The number of aryl methyl sites for hydroxylation is 1. The Kier molecular flexibility index (Phi) is 3.83. The van der Waals surface area contributed by atoms with Crippen molar-refractivity contribution < 1.29 is 9.84 Å². The Balaban J connectivity index is 2.50. The molecule has 0 atom stereocenters. The molecule has 0 saturated carbocycles. The van der Waals surface area contributed by atoms with Crippen molar-refractivity contribution in [3.05, 3.63) is 66.2 Å². The van der Waals surface area contributed by atoms with E-state index in [4.69, 9.17) is 4.74 Å². The van der Waals surface area contributed by atoms with Crippen LogP contribution in [0.25, 0.3) is 27.5 Å². The number of methoxy groups -OCH3 is 1. The van der Waals surface area contributed by atoms with Gasteiger partial charge in [0.15, 0.2) is 0 Å². The fourth-order valence-electron chi connectivity index (χ4n) is 2.98. The number of ether oxygens (including phenoxy) is 1. The summed E-state index contributed by atoms with van der Waals surface area (Å²) in [5.41, 5.74) is 4.36. The van der Waals surface area contributed by atoms with E-state index in [9.17, 15) is 5.11 Å². The minimum absolute atomic E-state index is 0.278. The molecule has 116 valence electrons. The van der Waals surface area contributed by atoms with Gasteiger partial charge in [0.1, 0.15) is 11.5 Å². The highest BCUT2D eigenvalue weighted by atomic mass is 16.5. The number of allylic oxidation sites excluding steroid dienone is 1. The van der Waals surface area contributed by atoms with Crippen molar-refractivity contribution in [1.29, 1.82) is 0 Å². The Morgan fingerprint density at radius 2 is 1.74 bits per heavy atom. The predicted octanol–water partition coefficient (Wildman–Crippen LogP) is 5.56. The van der Waals surface area contributed by atoms with Gasteiger partial charge < -0.3 is 9.84 Å². The highest BCUT2D eigenvalue weighted by molar-refractivity contribution is 6.03. The van der Waals surface area contributed by atoms with E-state index in [2.05, 4.69) is 18.7 Å². The lowest BCUT2D eigenvalue weighted by molar-refractivity contribution is 0.416. The van der Waals surface area contributed by atoms with Crippen molar-refractivity contribution in [2.75, 3.05) is 7.11 Å². The summed E-state index contributed by atoms with van der Waals surface area (Å²) < 4.78 is 5.60. The summed E-state index contributed by atoms with van der Waals surface area (Å²) >= 11 is 0. The molecule has 0 bridgehead atoms. The second kappa shape index (κ2) is 5.81. The highest BCUT2D eigenvalue weighted by Gasteiger charge is 2.19. The SMILES string of the molecule is C=C(C)c1ccc(C)c(O)c1-c1c(OC)ccc2ccccc12. The molecular formula is C21H20O2. The number of hydrogen-bond donors (Lipinski definition) is 1. The molecule has 0 aliphatic heterocycles. The normalized spacial score (nSPS) is 10.7. The van der Waals surface area contributed by atoms with E-state index < -0.39 is 0 Å². The van der Waals surface area contributed by atoms with Crippen molar-refractivity contribution in [3.8, 4) is 22.6 Å². The van der Waals surface area contributed by atoms with Crippen LogP contribution in [0.1, 0.15) is 18.1 Å². The van der Waals surface area contributed by atoms with E-state index in [0.29, 0.717) is 0 Å². The Morgan fingerprint density at radius 1 is 1.00 bits per heavy atom. The zero-order valence-corrected chi connectivity index (χ0v) is 13.7. The molecule has 23 heavy (non-hydrogen) atoms. The van der Waals surface area contributed by atoms with Crippen LogP contribution in [0.4, 0.5) is 0 Å². The zero-order valence-electron chi connectivity index (χ0n) is 13.7. The summed E-state index contributed by atoms with van der Waals surface area (Å²) in [6, 6.07) is 16.0. The summed E-state index contributed by atoms with van der Waals surface area (Å²) in [5, 5.41) is 12.9. The minimum atomic E-state index is 0.278. The minimum Gasteiger partial charge on any atom is -0.507 e. The van der Waals surface area contributed by atoms with Gasteiger partial charge in [-0.1, -0.05) is 54.6 Å². The Labute approximate surface area is 136 Å². The average molecular weight is 304 g/mol. The molecule has 0 amide bonds. The fourth-order valence-corrected chi connectivity index (χ4v) is 2.98. The largest absolute Gasteiger partial charge is 0.507 e. The second-order valence-corrected chi connectivity index (χ2v) is 5.80. The van der Waals surface area contributed by atoms with Gasteiger partial charge in [-0.15, -0.1) is 0 Å². The maximum atomic E-state index is 10.8. The van der Waals surface area contributed by atoms with Gasteiger partial charge in [0.2, 0.25) is 0 Å². The maximum absolute atomic E-state index is 10.8. The van der Waals surface area contributed by atoms with Crippen LogP contribution in [0, 0.1) is 6.92 Å². The first kappa shape index (κ1) is 15.2. The molecule has 0 spiro atoms. The van der Waals surface area contributed by atoms with E-state index in [1.165, 1.54) is 0 Å². The molecular weight excluding hydrogens is 284 g/mol. The molecule has 3 rings (SSSR count). The van der Waals surface area contributed by atoms with Gasteiger partial charge in [0.05, 0.1) is 7.11 Å². The molecule has 0 fully saturated rings. The molecule has 0 aliphatic rings. The van der Waals surface area contributed by atoms with Gasteiger partial charge in [-0.25, -0.2) is 0 Å². The van der Waals surface area contributed by atoms with Crippen molar-refractivity contribution in [2.45, 2.75) is 13.8 Å². The molecule has 0 saturated heterocycles. The molecule has 0 heterocycles. The molecule has 2 heteroatoms. The van der Waals surface area contributed by atoms with E-state index in [1.807, 2.05) is 50.2 Å². The topological polar surface area (TPSA) is 29.5 Å². The number of hydrogen-bond acceptors (Lipinski definition) is 2. The summed E-state index contributed by atoms with van der Waals surface area (Å²) in [4.78, 5) is 0. The first-order valence-corrected chi connectivity index (χ1v) is 7.59. The van der Waals surface area contributed by atoms with Gasteiger partial charge in [-0.2, -0.15) is 0 Å². The summed E-state index contributed by atoms with van der Waals surface area (Å²) in [5.74, 6) is 1.02. The Bertz CT molecular complexity index is 907. The first-order chi connectivity index (χ1) is 11.0. The molecule has 0 unspecified atom stereocenters. The van der Waals surface area contributed by atoms with Crippen molar-refractivity contribution >= 4 is 16.3 Å². The van der Waals surface area contributed by atoms with Crippen molar-refractivity contribution in [2.24, 2.45) is 0 Å². The standard InChI is InChI=1S/C21H20O2/c1-13(2)16-11-9-14(3)21(22)20(16)19-17-8-6-5-7-15(17)10-12-18(19)23-4/h5-12,22H,1H2,2-4H3. The van der Waals surface area contributed by atoms with Crippen LogP contribution in [-0.2, 0) is 0 Å². The first-order valence-electron chi connectivity index (χ1n) is 7.59. The van der Waals surface area contributed by atoms with Crippen LogP contribution in [0.15, 0.2) is 55.1 Å². The van der Waals surface area contributed by atoms with Gasteiger partial charge in [0.25, 0.3) is 0 Å². The molecule has 2 nitrogen and oxygen atoms in total. The molecule has 3 aromatic carbocycles. The van der Waals surface area contributed by atoms with Gasteiger partial charge in [0, 0.05) is 11.1 Å². The summed E-state index contributed by atoms with van der Waals surface area (Å²) in [6.45, 7) is 7.92. The molecule has 0 aromatic heterocycles. The van der Waals surface area contributed by atoms with Gasteiger partial charge >= 0.3 is 0 Å². The predicted molar refractivity (Wildman–Crippen MR) is 97.0 cm³/mol. The number of aromatic hydroxyl groups is 1. The van der Waals surface area contributed by atoms with Crippen molar-refractivity contribution in [3.63, 3.8) is 0 Å². The van der Waals surface area contributed by atoms with Crippen LogP contribution in [-0.4, -0.2) is 12.2 Å². The Morgan fingerprint density at radius 3 is 2.43 bits per heavy atom. The highest BCUT2D eigenvalue weighted by Crippen LogP contribution is 2.45. The lowest BCUT2D eigenvalue weighted by Crippen LogP contribution is -1.95. The smallest absolute Gasteiger partial charge is 0.127 e. The van der Waals surface area contributed by atoms with Crippen LogP contribution in [0.3, 0.4) is 0 Å². The third kappa shape index (κ3) is 2.46. The summed E-state index contributed by atoms with van der Waals surface area (Å²) in [6.07, 6.45) is 0. The van der Waals surface area contributed by atoms with Crippen LogP contribution in [0.2, 0.25) is 0 Å². The van der Waals surface area contributed by atoms with Crippen LogP contribution in [0.5, 0.6) is 11.5 Å².